The molecular weight excluding hydrogens is 350 g/mol. The van der Waals surface area contributed by atoms with E-state index in [1.807, 2.05) is 43.3 Å². The highest BCUT2D eigenvalue weighted by Crippen LogP contribution is 2.22. The number of hydrogen-bond acceptors (Lipinski definition) is 5. The summed E-state index contributed by atoms with van der Waals surface area (Å²) < 4.78 is 32.5. The molecule has 2 heterocycles. The van der Waals surface area contributed by atoms with Gasteiger partial charge in [0.05, 0.1) is 4.90 Å². The van der Waals surface area contributed by atoms with Crippen molar-refractivity contribution >= 4 is 21.0 Å². The SMILES string of the molecule is Cc1ccc(S(=O)(=O)N2CCN(Cc3noc4ccccc34)CC2)cc1. The molecule has 0 bridgehead atoms. The van der Waals surface area contributed by atoms with Crippen LogP contribution in [-0.2, 0) is 16.6 Å². The van der Waals surface area contributed by atoms with Crippen LogP contribution in [0.2, 0.25) is 0 Å². The van der Waals surface area contributed by atoms with E-state index in [0.29, 0.717) is 37.6 Å². The third kappa shape index (κ3) is 3.25. The Morgan fingerprint density at radius 3 is 2.42 bits per heavy atom. The molecule has 0 radical (unpaired) electrons. The van der Waals surface area contributed by atoms with Gasteiger partial charge in [-0.3, -0.25) is 4.90 Å². The van der Waals surface area contributed by atoms with E-state index in [9.17, 15) is 8.42 Å². The number of aryl methyl sites for hydroxylation is 1. The second-order valence-corrected chi connectivity index (χ2v) is 8.56. The molecule has 1 saturated heterocycles. The number of para-hydroxylation sites is 1. The fourth-order valence-electron chi connectivity index (χ4n) is 3.25. The molecule has 1 fully saturated rings. The minimum Gasteiger partial charge on any atom is -0.356 e. The highest BCUT2D eigenvalue weighted by molar-refractivity contribution is 7.89. The molecule has 4 rings (SSSR count). The quantitative estimate of drug-likeness (QED) is 0.705. The summed E-state index contributed by atoms with van der Waals surface area (Å²) in [7, 11) is -3.43. The van der Waals surface area contributed by atoms with E-state index in [2.05, 4.69) is 10.1 Å². The van der Waals surface area contributed by atoms with E-state index < -0.39 is 10.0 Å². The zero-order valence-electron chi connectivity index (χ0n) is 14.6. The molecule has 3 aromatic rings. The van der Waals surface area contributed by atoms with Crippen LogP contribution in [0.15, 0.2) is 57.9 Å². The first-order chi connectivity index (χ1) is 12.5. The first-order valence-electron chi connectivity index (χ1n) is 8.66. The van der Waals surface area contributed by atoms with Crippen molar-refractivity contribution in [3.63, 3.8) is 0 Å². The molecule has 2 aromatic carbocycles. The predicted molar refractivity (Wildman–Crippen MR) is 99.2 cm³/mol. The Morgan fingerprint density at radius 1 is 1.00 bits per heavy atom. The van der Waals surface area contributed by atoms with Crippen molar-refractivity contribution in [3.8, 4) is 0 Å². The number of piperazine rings is 1. The summed E-state index contributed by atoms with van der Waals surface area (Å²) in [5.74, 6) is 0. The first-order valence-corrected chi connectivity index (χ1v) is 10.1. The number of hydrogen-bond donors (Lipinski definition) is 0. The second-order valence-electron chi connectivity index (χ2n) is 6.62. The van der Waals surface area contributed by atoms with Crippen LogP contribution in [0.25, 0.3) is 11.0 Å². The lowest BCUT2D eigenvalue weighted by Crippen LogP contribution is -2.48. The molecule has 0 saturated carbocycles. The van der Waals surface area contributed by atoms with Gasteiger partial charge in [-0.05, 0) is 31.2 Å². The Bertz CT molecular complexity index is 1000. The molecule has 0 unspecified atom stereocenters. The zero-order chi connectivity index (χ0) is 18.1. The van der Waals surface area contributed by atoms with Crippen molar-refractivity contribution in [1.29, 1.82) is 0 Å². The van der Waals surface area contributed by atoms with Gasteiger partial charge in [0.2, 0.25) is 10.0 Å². The van der Waals surface area contributed by atoms with Gasteiger partial charge in [-0.25, -0.2) is 8.42 Å². The fourth-order valence-corrected chi connectivity index (χ4v) is 4.67. The maximum Gasteiger partial charge on any atom is 0.243 e. The summed E-state index contributed by atoms with van der Waals surface area (Å²) in [6, 6.07) is 14.8. The van der Waals surface area contributed by atoms with E-state index in [1.54, 1.807) is 16.4 Å². The molecule has 7 heteroatoms. The molecule has 0 atom stereocenters. The van der Waals surface area contributed by atoms with Crippen LogP contribution in [0.5, 0.6) is 0 Å². The smallest absolute Gasteiger partial charge is 0.243 e. The lowest BCUT2D eigenvalue weighted by molar-refractivity contribution is 0.178. The average Bonchev–Trinajstić information content (AvgIpc) is 3.06. The summed E-state index contributed by atoms with van der Waals surface area (Å²) in [6.07, 6.45) is 0. The van der Waals surface area contributed by atoms with Crippen molar-refractivity contribution in [2.24, 2.45) is 0 Å². The van der Waals surface area contributed by atoms with Crippen LogP contribution in [0.1, 0.15) is 11.3 Å². The summed E-state index contributed by atoms with van der Waals surface area (Å²) in [6.45, 7) is 4.91. The Labute approximate surface area is 153 Å². The minimum atomic E-state index is -3.43. The summed E-state index contributed by atoms with van der Waals surface area (Å²) >= 11 is 0. The van der Waals surface area contributed by atoms with Crippen LogP contribution in [0.4, 0.5) is 0 Å². The van der Waals surface area contributed by atoms with Crippen LogP contribution in [0.3, 0.4) is 0 Å². The molecule has 0 N–H and O–H groups in total. The normalized spacial score (nSPS) is 17.0. The molecule has 136 valence electrons. The third-order valence-electron chi connectivity index (χ3n) is 4.82. The minimum absolute atomic E-state index is 0.360. The Balaban J connectivity index is 1.43. The molecule has 0 amide bonds. The lowest BCUT2D eigenvalue weighted by Gasteiger charge is -2.33. The van der Waals surface area contributed by atoms with Gasteiger partial charge in [-0.2, -0.15) is 4.31 Å². The van der Waals surface area contributed by atoms with Gasteiger partial charge in [0, 0.05) is 38.1 Å². The lowest BCUT2D eigenvalue weighted by atomic mass is 10.2. The van der Waals surface area contributed by atoms with Crippen LogP contribution in [0, 0.1) is 6.92 Å². The van der Waals surface area contributed by atoms with E-state index in [4.69, 9.17) is 4.52 Å². The number of rotatable bonds is 4. The van der Waals surface area contributed by atoms with Gasteiger partial charge in [0.25, 0.3) is 0 Å². The molecule has 1 aromatic heterocycles. The van der Waals surface area contributed by atoms with Crippen molar-refractivity contribution in [1.82, 2.24) is 14.4 Å². The average molecular weight is 371 g/mol. The largest absolute Gasteiger partial charge is 0.356 e. The van der Waals surface area contributed by atoms with Crippen LogP contribution < -0.4 is 0 Å². The van der Waals surface area contributed by atoms with Gasteiger partial charge in [0.1, 0.15) is 5.69 Å². The topological polar surface area (TPSA) is 66.7 Å². The zero-order valence-corrected chi connectivity index (χ0v) is 15.4. The van der Waals surface area contributed by atoms with Crippen LogP contribution in [-0.4, -0.2) is 49.0 Å². The predicted octanol–water partition coefficient (Wildman–Crippen LogP) is 2.64. The van der Waals surface area contributed by atoms with Gasteiger partial charge >= 0.3 is 0 Å². The fraction of sp³-hybridized carbons (Fsp3) is 0.316. The second kappa shape index (κ2) is 6.83. The van der Waals surface area contributed by atoms with Gasteiger partial charge in [-0.1, -0.05) is 35.0 Å². The number of nitrogens with zero attached hydrogens (tertiary/aromatic N) is 3. The van der Waals surface area contributed by atoms with Crippen LogP contribution >= 0.6 is 0 Å². The molecule has 1 aliphatic heterocycles. The van der Waals surface area contributed by atoms with E-state index in [1.165, 1.54) is 0 Å². The Hall–Kier alpha value is -2.22. The first kappa shape index (κ1) is 17.2. The summed E-state index contributed by atoms with van der Waals surface area (Å²) in [5, 5.41) is 5.18. The maximum absolute atomic E-state index is 12.8. The molecule has 6 nitrogen and oxygen atoms in total. The highest BCUT2D eigenvalue weighted by Gasteiger charge is 2.28. The van der Waals surface area contributed by atoms with E-state index in [0.717, 1.165) is 22.2 Å². The monoisotopic (exact) mass is 371 g/mol. The number of benzene rings is 2. The molecule has 26 heavy (non-hydrogen) atoms. The third-order valence-corrected chi connectivity index (χ3v) is 6.73. The number of sulfonamides is 1. The number of fused-ring (bicyclic) bond motifs is 1. The molecule has 0 spiro atoms. The van der Waals surface area contributed by atoms with Gasteiger partial charge < -0.3 is 4.52 Å². The van der Waals surface area contributed by atoms with Gasteiger partial charge in [-0.15, -0.1) is 0 Å². The van der Waals surface area contributed by atoms with E-state index >= 15 is 0 Å². The van der Waals surface area contributed by atoms with Crippen molar-refractivity contribution in [2.45, 2.75) is 18.4 Å². The van der Waals surface area contributed by atoms with Crippen molar-refractivity contribution in [3.05, 3.63) is 59.8 Å². The van der Waals surface area contributed by atoms with Crippen molar-refractivity contribution < 1.29 is 12.9 Å². The Morgan fingerprint density at radius 2 is 1.69 bits per heavy atom. The summed E-state index contributed by atoms with van der Waals surface area (Å²) in [5.41, 5.74) is 2.73. The maximum atomic E-state index is 12.8. The van der Waals surface area contributed by atoms with Gasteiger partial charge in [0.15, 0.2) is 5.58 Å². The molecule has 1 aliphatic rings. The highest BCUT2D eigenvalue weighted by atomic mass is 32.2. The van der Waals surface area contributed by atoms with E-state index in [-0.39, 0.29) is 0 Å². The number of aromatic nitrogens is 1. The summed E-state index contributed by atoms with van der Waals surface area (Å²) in [4.78, 5) is 2.57. The molecule has 0 aliphatic carbocycles. The Kier molecular flexibility index (Phi) is 4.52. The standard InChI is InChI=1S/C19H21N3O3S/c1-15-6-8-16(9-7-15)26(23,24)22-12-10-21(11-13-22)14-18-17-4-2-3-5-19(17)25-20-18/h2-9H,10-14H2,1H3. The molecular formula is C19H21N3O3S. The van der Waals surface area contributed by atoms with Crippen molar-refractivity contribution in [2.75, 3.05) is 26.2 Å².